The van der Waals surface area contributed by atoms with E-state index in [9.17, 15) is 4.79 Å². The van der Waals surface area contributed by atoms with Crippen LogP contribution in [0.1, 0.15) is 0 Å². The van der Waals surface area contributed by atoms with Gasteiger partial charge in [0.25, 0.3) is 11.9 Å². The zero-order chi connectivity index (χ0) is 12.8. The van der Waals surface area contributed by atoms with Crippen LogP contribution in [0.15, 0.2) is 23.2 Å². The van der Waals surface area contributed by atoms with E-state index in [0.29, 0.717) is 15.8 Å². The van der Waals surface area contributed by atoms with Crippen molar-refractivity contribution < 1.29 is 14.3 Å². The van der Waals surface area contributed by atoms with E-state index < -0.39 is 5.91 Å². The number of carbonyl (C=O) groups is 1. The molecule has 0 spiro atoms. The summed E-state index contributed by atoms with van der Waals surface area (Å²) in [5.41, 5.74) is 5.20. The first-order valence-electron chi connectivity index (χ1n) is 4.51. The maximum absolute atomic E-state index is 11.2. The third kappa shape index (κ3) is 4.50. The summed E-state index contributed by atoms with van der Waals surface area (Å²) in [5, 5.41) is 0.796. The summed E-state index contributed by atoms with van der Waals surface area (Å²) in [6.45, 7) is -0.286. The Bertz CT molecular complexity index is 449. The molecule has 2 N–H and O–H groups in total. The predicted octanol–water partition coefficient (Wildman–Crippen LogP) is 1.86. The van der Waals surface area contributed by atoms with Gasteiger partial charge in [-0.15, -0.1) is 0 Å². The minimum absolute atomic E-state index is 0.221. The summed E-state index contributed by atoms with van der Waals surface area (Å²) in [6, 6.07) is 4.44. The third-order valence-corrected chi connectivity index (χ3v) is 2.22. The van der Waals surface area contributed by atoms with Crippen molar-refractivity contribution in [2.45, 2.75) is 0 Å². The Hall–Kier alpha value is -1.46. The molecule has 0 aliphatic heterocycles. The van der Waals surface area contributed by atoms with Gasteiger partial charge in [-0.1, -0.05) is 23.2 Å². The number of carbonyl (C=O) groups excluding carboxylic acids is 1. The maximum Gasteiger partial charge on any atom is 0.289 e. The van der Waals surface area contributed by atoms with Crippen molar-refractivity contribution in [2.75, 3.05) is 13.7 Å². The second-order valence-corrected chi connectivity index (χ2v) is 3.75. The van der Waals surface area contributed by atoms with E-state index in [2.05, 4.69) is 9.73 Å². The molecular weight excluding hydrogens is 267 g/mol. The van der Waals surface area contributed by atoms with Gasteiger partial charge in [0, 0.05) is 5.02 Å². The highest BCUT2D eigenvalue weighted by Gasteiger charge is 2.06. The topological polar surface area (TPSA) is 73.9 Å². The van der Waals surface area contributed by atoms with E-state index in [4.69, 9.17) is 33.7 Å². The lowest BCUT2D eigenvalue weighted by atomic mass is 10.3. The van der Waals surface area contributed by atoms with Crippen molar-refractivity contribution in [1.82, 2.24) is 0 Å². The van der Waals surface area contributed by atoms with Crippen molar-refractivity contribution in [3.63, 3.8) is 0 Å². The van der Waals surface area contributed by atoms with Crippen molar-refractivity contribution in [3.8, 4) is 5.75 Å². The van der Waals surface area contributed by atoms with Gasteiger partial charge in [-0.25, -0.2) is 0 Å². The molecular formula is C10H10Cl2N2O3. The number of benzene rings is 1. The fourth-order valence-corrected chi connectivity index (χ4v) is 1.40. The summed E-state index contributed by atoms with van der Waals surface area (Å²) >= 11 is 11.5. The van der Waals surface area contributed by atoms with Crippen molar-refractivity contribution in [3.05, 3.63) is 28.2 Å². The van der Waals surface area contributed by atoms with Crippen molar-refractivity contribution in [2.24, 2.45) is 10.7 Å². The molecule has 5 nitrogen and oxygen atoms in total. The highest BCUT2D eigenvalue weighted by molar-refractivity contribution is 6.35. The minimum Gasteiger partial charge on any atom is -0.482 e. The van der Waals surface area contributed by atoms with Crippen molar-refractivity contribution >= 4 is 35.1 Å². The van der Waals surface area contributed by atoms with E-state index in [1.807, 2.05) is 0 Å². The van der Waals surface area contributed by atoms with E-state index in [-0.39, 0.29) is 12.6 Å². The summed E-state index contributed by atoms with van der Waals surface area (Å²) < 4.78 is 9.66. The number of amides is 1. The first-order chi connectivity index (χ1) is 8.02. The van der Waals surface area contributed by atoms with Crippen LogP contribution in [0.2, 0.25) is 10.0 Å². The first-order valence-corrected chi connectivity index (χ1v) is 5.27. The lowest BCUT2D eigenvalue weighted by Gasteiger charge is -2.05. The number of hydrogen-bond acceptors (Lipinski definition) is 3. The van der Waals surface area contributed by atoms with E-state index in [1.54, 1.807) is 12.1 Å². The smallest absolute Gasteiger partial charge is 0.289 e. The lowest BCUT2D eigenvalue weighted by Crippen LogP contribution is -2.19. The number of nitrogens with zero attached hydrogens (tertiary/aromatic N) is 1. The fourth-order valence-electron chi connectivity index (χ4n) is 0.933. The summed E-state index contributed by atoms with van der Waals surface area (Å²) in [6.07, 6.45) is 0. The second-order valence-electron chi connectivity index (χ2n) is 2.91. The molecule has 0 heterocycles. The monoisotopic (exact) mass is 276 g/mol. The van der Waals surface area contributed by atoms with Gasteiger partial charge in [0.05, 0.1) is 12.1 Å². The fraction of sp³-hybridized carbons (Fsp3) is 0.200. The van der Waals surface area contributed by atoms with Gasteiger partial charge in [-0.05, 0) is 18.2 Å². The zero-order valence-corrected chi connectivity index (χ0v) is 10.5. The molecule has 0 aliphatic carbocycles. The number of methoxy groups -OCH3 is 1. The number of nitrogens with two attached hydrogens (primary N) is 1. The van der Waals surface area contributed by atoms with Gasteiger partial charge in [-0.2, -0.15) is 4.99 Å². The summed E-state index contributed by atoms with van der Waals surface area (Å²) in [4.78, 5) is 14.6. The Labute approximate surface area is 108 Å². The first kappa shape index (κ1) is 13.6. The number of ether oxygens (including phenoxy) is 2. The molecule has 1 amide bonds. The van der Waals surface area contributed by atoms with E-state index in [1.165, 1.54) is 13.2 Å². The van der Waals surface area contributed by atoms with Crippen LogP contribution in [-0.4, -0.2) is 25.6 Å². The van der Waals surface area contributed by atoms with Gasteiger partial charge in [-0.3, -0.25) is 4.79 Å². The molecule has 0 radical (unpaired) electrons. The van der Waals surface area contributed by atoms with Crippen LogP contribution in [0.25, 0.3) is 0 Å². The van der Waals surface area contributed by atoms with Crippen molar-refractivity contribution in [1.29, 1.82) is 0 Å². The Morgan fingerprint density at radius 1 is 1.47 bits per heavy atom. The number of aliphatic imine (C=N–C) groups is 1. The van der Waals surface area contributed by atoms with Crippen LogP contribution in [0.3, 0.4) is 0 Å². The third-order valence-electron chi connectivity index (χ3n) is 1.69. The van der Waals surface area contributed by atoms with Gasteiger partial charge >= 0.3 is 0 Å². The molecule has 0 aromatic heterocycles. The molecule has 0 bridgehead atoms. The predicted molar refractivity (Wildman–Crippen MR) is 65.6 cm³/mol. The molecule has 0 aliphatic rings. The maximum atomic E-state index is 11.2. The van der Waals surface area contributed by atoms with Gasteiger partial charge in [0.2, 0.25) is 0 Å². The molecule has 1 rings (SSSR count). The molecule has 0 atom stereocenters. The highest BCUT2D eigenvalue weighted by atomic mass is 35.5. The normalized spacial score (nSPS) is 11.1. The van der Waals surface area contributed by atoms with Crippen LogP contribution in [0.4, 0.5) is 0 Å². The Kier molecular flexibility index (Phi) is 5.06. The van der Waals surface area contributed by atoms with E-state index >= 15 is 0 Å². The quantitative estimate of drug-likeness (QED) is 0.676. The standard InChI is InChI=1S/C10H10Cl2N2O3/c1-16-10(13)14-9(15)5-17-8-3-2-6(11)4-7(8)12/h2-4H,5H2,1H3,(H2,13,14,15). The molecule has 7 heteroatoms. The molecule has 92 valence electrons. The summed E-state index contributed by atoms with van der Waals surface area (Å²) in [5.74, 6) is -0.231. The Morgan fingerprint density at radius 3 is 2.76 bits per heavy atom. The van der Waals surface area contributed by atoms with Crippen LogP contribution in [-0.2, 0) is 9.53 Å². The van der Waals surface area contributed by atoms with Crippen LogP contribution >= 0.6 is 23.2 Å². The Balaban J connectivity index is 2.59. The van der Waals surface area contributed by atoms with E-state index in [0.717, 1.165) is 0 Å². The molecule has 1 aromatic rings. The SMILES string of the molecule is COC(N)=NC(=O)COc1ccc(Cl)cc1Cl. The van der Waals surface area contributed by atoms with Gasteiger partial charge in [0.1, 0.15) is 5.75 Å². The highest BCUT2D eigenvalue weighted by Crippen LogP contribution is 2.27. The average molecular weight is 277 g/mol. The largest absolute Gasteiger partial charge is 0.482 e. The number of amidine groups is 1. The van der Waals surface area contributed by atoms with Crippen LogP contribution in [0, 0.1) is 0 Å². The Morgan fingerprint density at radius 2 is 2.18 bits per heavy atom. The number of rotatable bonds is 3. The van der Waals surface area contributed by atoms with Crippen LogP contribution < -0.4 is 10.5 Å². The van der Waals surface area contributed by atoms with Gasteiger partial charge < -0.3 is 15.2 Å². The molecule has 1 aromatic carbocycles. The minimum atomic E-state index is -0.574. The average Bonchev–Trinajstić information content (AvgIpc) is 2.27. The zero-order valence-electron chi connectivity index (χ0n) is 8.94. The summed E-state index contributed by atoms with van der Waals surface area (Å²) in [7, 11) is 1.31. The molecule has 0 unspecified atom stereocenters. The molecule has 0 fully saturated rings. The molecule has 0 saturated heterocycles. The van der Waals surface area contributed by atoms with Crippen LogP contribution in [0.5, 0.6) is 5.75 Å². The lowest BCUT2D eigenvalue weighted by molar-refractivity contribution is -0.119. The second kappa shape index (κ2) is 6.32. The molecule has 0 saturated carbocycles. The molecule has 17 heavy (non-hydrogen) atoms. The number of hydrogen-bond donors (Lipinski definition) is 1. The number of halogens is 2. The van der Waals surface area contributed by atoms with Gasteiger partial charge in [0.15, 0.2) is 6.61 Å².